The van der Waals surface area contributed by atoms with Crippen LogP contribution in [0.15, 0.2) is 35.0 Å². The first-order valence-electron chi connectivity index (χ1n) is 8.63. The highest BCUT2D eigenvalue weighted by Gasteiger charge is 2.21. The number of hydrogen-bond acceptors (Lipinski definition) is 5. The van der Waals surface area contributed by atoms with Crippen molar-refractivity contribution in [3.8, 4) is 23.0 Å². The molecule has 1 aliphatic carbocycles. The van der Waals surface area contributed by atoms with E-state index in [1.807, 2.05) is 37.4 Å². The van der Waals surface area contributed by atoms with E-state index in [0.717, 1.165) is 27.9 Å². The highest BCUT2D eigenvalue weighted by atomic mass is 16.5. The van der Waals surface area contributed by atoms with Gasteiger partial charge in [0.15, 0.2) is 0 Å². The van der Waals surface area contributed by atoms with Gasteiger partial charge in [-0.05, 0) is 49.6 Å². The van der Waals surface area contributed by atoms with Crippen molar-refractivity contribution < 1.29 is 4.52 Å². The Kier molecular flexibility index (Phi) is 3.19. The van der Waals surface area contributed by atoms with Crippen molar-refractivity contribution >= 4 is 11.0 Å². The van der Waals surface area contributed by atoms with Crippen LogP contribution in [0.25, 0.3) is 34.0 Å². The normalized spacial score (nSPS) is 15.4. The third-order valence-electron chi connectivity index (χ3n) is 4.99. The standard InChI is InChI=1S/C18H18N6O/c1-11-8-9-19-16(11)17-20-18(25-22-17)12-6-7-15-14(10-12)21-23-24(15)13-4-2-3-5-13/h6-10,13,19H,2-5H2,1H3. The molecule has 0 amide bonds. The quantitative estimate of drug-likeness (QED) is 0.614. The van der Waals surface area contributed by atoms with E-state index in [0.29, 0.717) is 17.8 Å². The van der Waals surface area contributed by atoms with Crippen LogP contribution in [-0.2, 0) is 0 Å². The number of aryl methyl sites for hydroxylation is 1. The maximum Gasteiger partial charge on any atom is 0.258 e. The molecule has 0 spiro atoms. The molecule has 1 saturated carbocycles. The topological polar surface area (TPSA) is 85.4 Å². The predicted octanol–water partition coefficient (Wildman–Crippen LogP) is 3.90. The molecule has 0 unspecified atom stereocenters. The fourth-order valence-corrected chi connectivity index (χ4v) is 3.62. The second-order valence-corrected chi connectivity index (χ2v) is 6.63. The molecule has 1 aliphatic rings. The number of nitrogens with zero attached hydrogens (tertiary/aromatic N) is 5. The van der Waals surface area contributed by atoms with Crippen molar-refractivity contribution in [2.45, 2.75) is 38.6 Å². The van der Waals surface area contributed by atoms with E-state index in [4.69, 9.17) is 4.52 Å². The van der Waals surface area contributed by atoms with Gasteiger partial charge >= 0.3 is 0 Å². The molecule has 7 heteroatoms. The monoisotopic (exact) mass is 334 g/mol. The summed E-state index contributed by atoms with van der Waals surface area (Å²) in [6.45, 7) is 2.01. The molecule has 5 rings (SSSR count). The summed E-state index contributed by atoms with van der Waals surface area (Å²) in [5, 5.41) is 12.8. The predicted molar refractivity (Wildman–Crippen MR) is 92.8 cm³/mol. The van der Waals surface area contributed by atoms with Gasteiger partial charge in [0.1, 0.15) is 5.52 Å². The van der Waals surface area contributed by atoms with Crippen molar-refractivity contribution in [2.75, 3.05) is 0 Å². The molecule has 7 nitrogen and oxygen atoms in total. The molecule has 0 atom stereocenters. The summed E-state index contributed by atoms with van der Waals surface area (Å²) >= 11 is 0. The highest BCUT2D eigenvalue weighted by Crippen LogP contribution is 2.32. The zero-order valence-electron chi connectivity index (χ0n) is 13.9. The van der Waals surface area contributed by atoms with E-state index in [1.54, 1.807) is 0 Å². The third-order valence-corrected chi connectivity index (χ3v) is 4.99. The van der Waals surface area contributed by atoms with Crippen LogP contribution in [0, 0.1) is 6.92 Å². The Morgan fingerprint density at radius 2 is 2.08 bits per heavy atom. The third kappa shape index (κ3) is 2.34. The van der Waals surface area contributed by atoms with Crippen LogP contribution in [0.1, 0.15) is 37.3 Å². The maximum atomic E-state index is 5.45. The molecule has 3 aromatic heterocycles. The number of fused-ring (bicyclic) bond motifs is 1. The molecular weight excluding hydrogens is 316 g/mol. The van der Waals surface area contributed by atoms with Crippen LogP contribution in [0.5, 0.6) is 0 Å². The van der Waals surface area contributed by atoms with Crippen molar-refractivity contribution in [3.63, 3.8) is 0 Å². The van der Waals surface area contributed by atoms with Gasteiger partial charge in [0.25, 0.3) is 5.89 Å². The number of H-pyrrole nitrogens is 1. The van der Waals surface area contributed by atoms with Gasteiger partial charge in [0.05, 0.1) is 17.3 Å². The largest absolute Gasteiger partial charge is 0.358 e. The van der Waals surface area contributed by atoms with Gasteiger partial charge in [-0.3, -0.25) is 0 Å². The Hall–Kier alpha value is -2.96. The first kappa shape index (κ1) is 14.4. The number of aromatic nitrogens is 6. The Balaban J connectivity index is 1.51. The van der Waals surface area contributed by atoms with E-state index < -0.39 is 0 Å². The van der Waals surface area contributed by atoms with Crippen LogP contribution < -0.4 is 0 Å². The first-order chi connectivity index (χ1) is 12.3. The molecule has 1 N–H and O–H groups in total. The van der Waals surface area contributed by atoms with Gasteiger partial charge in [-0.1, -0.05) is 23.2 Å². The minimum absolute atomic E-state index is 0.474. The molecule has 0 radical (unpaired) electrons. The molecule has 3 heterocycles. The first-order valence-corrected chi connectivity index (χ1v) is 8.63. The second kappa shape index (κ2) is 5.54. The van der Waals surface area contributed by atoms with Crippen LogP contribution in [0.3, 0.4) is 0 Å². The Morgan fingerprint density at radius 3 is 2.88 bits per heavy atom. The van der Waals surface area contributed by atoms with E-state index in [-0.39, 0.29) is 0 Å². The lowest BCUT2D eigenvalue weighted by Gasteiger charge is -2.09. The fourth-order valence-electron chi connectivity index (χ4n) is 3.62. The smallest absolute Gasteiger partial charge is 0.258 e. The average molecular weight is 334 g/mol. The summed E-state index contributed by atoms with van der Waals surface area (Å²) in [5.41, 5.74) is 4.75. The summed E-state index contributed by atoms with van der Waals surface area (Å²) < 4.78 is 7.51. The molecule has 25 heavy (non-hydrogen) atoms. The number of hydrogen-bond donors (Lipinski definition) is 1. The molecule has 0 aliphatic heterocycles. The van der Waals surface area contributed by atoms with E-state index in [2.05, 4.69) is 30.1 Å². The van der Waals surface area contributed by atoms with Crippen LogP contribution in [-0.4, -0.2) is 30.1 Å². The summed E-state index contributed by atoms with van der Waals surface area (Å²) in [6.07, 6.45) is 6.78. The lowest BCUT2D eigenvalue weighted by atomic mass is 10.2. The van der Waals surface area contributed by atoms with Gasteiger partial charge in [-0.25, -0.2) is 4.68 Å². The zero-order valence-corrected chi connectivity index (χ0v) is 13.9. The fraction of sp³-hybridized carbons (Fsp3) is 0.333. The number of nitrogens with one attached hydrogen (secondary N) is 1. The Bertz CT molecular complexity index is 1040. The molecule has 1 aromatic carbocycles. The molecular formula is C18H18N6O. The Labute approximate surface area is 144 Å². The summed E-state index contributed by atoms with van der Waals surface area (Å²) in [6, 6.07) is 8.47. The zero-order chi connectivity index (χ0) is 16.8. The van der Waals surface area contributed by atoms with Gasteiger partial charge in [-0.15, -0.1) is 5.10 Å². The SMILES string of the molecule is Cc1cc[nH]c1-c1noc(-c2ccc3c(c2)nnn3C2CCCC2)n1. The second-order valence-electron chi connectivity index (χ2n) is 6.63. The molecule has 1 fully saturated rings. The Morgan fingerprint density at radius 1 is 1.20 bits per heavy atom. The number of rotatable bonds is 3. The molecule has 4 aromatic rings. The summed E-state index contributed by atoms with van der Waals surface area (Å²) in [5.74, 6) is 1.05. The van der Waals surface area contributed by atoms with Crippen molar-refractivity contribution in [2.24, 2.45) is 0 Å². The molecule has 126 valence electrons. The van der Waals surface area contributed by atoms with Gasteiger partial charge < -0.3 is 9.51 Å². The minimum atomic E-state index is 0.474. The average Bonchev–Trinajstić information content (AvgIpc) is 3.39. The van der Waals surface area contributed by atoms with Crippen molar-refractivity contribution in [1.82, 2.24) is 30.1 Å². The van der Waals surface area contributed by atoms with Crippen molar-refractivity contribution in [3.05, 3.63) is 36.0 Å². The van der Waals surface area contributed by atoms with E-state index in [1.165, 1.54) is 25.7 Å². The van der Waals surface area contributed by atoms with Crippen LogP contribution in [0.4, 0.5) is 0 Å². The summed E-state index contributed by atoms with van der Waals surface area (Å²) in [4.78, 5) is 7.65. The number of benzene rings is 1. The van der Waals surface area contributed by atoms with Gasteiger partial charge in [-0.2, -0.15) is 4.98 Å². The van der Waals surface area contributed by atoms with E-state index in [9.17, 15) is 0 Å². The lowest BCUT2D eigenvalue weighted by molar-refractivity contribution is 0.432. The van der Waals surface area contributed by atoms with Crippen molar-refractivity contribution in [1.29, 1.82) is 0 Å². The molecule has 0 bridgehead atoms. The highest BCUT2D eigenvalue weighted by molar-refractivity contribution is 5.80. The lowest BCUT2D eigenvalue weighted by Crippen LogP contribution is -2.06. The van der Waals surface area contributed by atoms with Gasteiger partial charge in [0, 0.05) is 11.8 Å². The maximum absolute atomic E-state index is 5.45. The minimum Gasteiger partial charge on any atom is -0.358 e. The summed E-state index contributed by atoms with van der Waals surface area (Å²) in [7, 11) is 0. The van der Waals surface area contributed by atoms with Crippen LogP contribution >= 0.6 is 0 Å². The number of aromatic amines is 1. The van der Waals surface area contributed by atoms with Crippen LogP contribution in [0.2, 0.25) is 0 Å². The van der Waals surface area contributed by atoms with E-state index >= 15 is 0 Å². The van der Waals surface area contributed by atoms with Gasteiger partial charge in [0.2, 0.25) is 5.82 Å². The molecule has 0 saturated heterocycles.